The molecule has 0 saturated heterocycles. The summed E-state index contributed by atoms with van der Waals surface area (Å²) in [5, 5.41) is 10.1. The number of nitrogens with zero attached hydrogens (tertiary/aromatic N) is 1. The fraction of sp³-hybridized carbons (Fsp3) is 0.500. The van der Waals surface area contributed by atoms with Crippen LogP contribution in [-0.2, 0) is 6.42 Å². The number of aromatic carboxylic acids is 1. The van der Waals surface area contributed by atoms with Crippen LogP contribution in [0.1, 0.15) is 60.6 Å². The molecule has 1 saturated carbocycles. The number of nitrogen functional groups attached to an aromatic ring is 1. The summed E-state index contributed by atoms with van der Waals surface area (Å²) in [6.07, 6.45) is 7.01. The Balaban J connectivity index is 2.07. The third kappa shape index (κ3) is 3.41. The van der Waals surface area contributed by atoms with E-state index in [9.17, 15) is 9.90 Å². The minimum Gasteiger partial charge on any atom is -0.492 e. The third-order valence-corrected chi connectivity index (χ3v) is 5.19. The van der Waals surface area contributed by atoms with Crippen LogP contribution in [0.25, 0.3) is 10.9 Å². The lowest BCUT2D eigenvalue weighted by Gasteiger charge is -2.23. The van der Waals surface area contributed by atoms with Crippen molar-refractivity contribution in [1.29, 1.82) is 0 Å². The van der Waals surface area contributed by atoms with Crippen molar-refractivity contribution >= 4 is 22.6 Å². The number of fused-ring (bicyclic) bond motifs is 1. The van der Waals surface area contributed by atoms with Crippen molar-refractivity contribution in [3.63, 3.8) is 0 Å². The summed E-state index contributed by atoms with van der Waals surface area (Å²) in [6.45, 7) is 4.39. The highest BCUT2D eigenvalue weighted by atomic mass is 16.5. The molecule has 1 aromatic heterocycles. The number of carboxylic acid groups (broad SMARTS) is 1. The molecule has 1 aliphatic carbocycles. The predicted octanol–water partition coefficient (Wildman–Crippen LogP) is 4.35. The fourth-order valence-corrected chi connectivity index (χ4v) is 3.79. The molecule has 3 rings (SSSR count). The number of nitrogens with two attached hydrogens (primary N) is 1. The van der Waals surface area contributed by atoms with E-state index in [1.54, 1.807) is 6.92 Å². The highest BCUT2D eigenvalue weighted by Crippen LogP contribution is 2.37. The van der Waals surface area contributed by atoms with E-state index in [1.165, 1.54) is 32.1 Å². The third-order valence-electron chi connectivity index (χ3n) is 5.19. The molecule has 25 heavy (non-hydrogen) atoms. The molecule has 0 radical (unpaired) electrons. The summed E-state index contributed by atoms with van der Waals surface area (Å²) < 4.78 is 6.22. The van der Waals surface area contributed by atoms with Crippen LogP contribution in [0.4, 0.5) is 5.69 Å². The topological polar surface area (TPSA) is 85.4 Å². The normalized spacial score (nSPS) is 15.4. The van der Waals surface area contributed by atoms with Crippen molar-refractivity contribution in [2.45, 2.75) is 52.4 Å². The van der Waals surface area contributed by atoms with Crippen LogP contribution in [0.3, 0.4) is 0 Å². The van der Waals surface area contributed by atoms with Gasteiger partial charge in [0.25, 0.3) is 0 Å². The number of pyridine rings is 1. The summed E-state index contributed by atoms with van der Waals surface area (Å²) in [4.78, 5) is 16.0. The van der Waals surface area contributed by atoms with Crippen molar-refractivity contribution in [2.75, 3.05) is 12.3 Å². The Hall–Kier alpha value is -2.30. The average molecular weight is 342 g/mol. The van der Waals surface area contributed by atoms with Crippen LogP contribution in [0, 0.1) is 12.8 Å². The summed E-state index contributed by atoms with van der Waals surface area (Å²) in [7, 11) is 0. The molecular formula is C20H26N2O3. The van der Waals surface area contributed by atoms with Gasteiger partial charge in [-0.3, -0.25) is 4.98 Å². The average Bonchev–Trinajstić information content (AvgIpc) is 2.60. The second kappa shape index (κ2) is 7.30. The molecule has 5 heteroatoms. The number of ether oxygens (including phenoxy) is 1. The van der Waals surface area contributed by atoms with E-state index < -0.39 is 5.97 Å². The Labute approximate surface area is 148 Å². The van der Waals surface area contributed by atoms with Gasteiger partial charge >= 0.3 is 5.97 Å². The van der Waals surface area contributed by atoms with Gasteiger partial charge < -0.3 is 15.6 Å². The Morgan fingerprint density at radius 1 is 1.32 bits per heavy atom. The van der Waals surface area contributed by atoms with E-state index in [2.05, 4.69) is 11.9 Å². The lowest BCUT2D eigenvalue weighted by Crippen LogP contribution is -2.16. The maximum atomic E-state index is 11.6. The lowest BCUT2D eigenvalue weighted by atomic mass is 9.90. The summed E-state index contributed by atoms with van der Waals surface area (Å²) >= 11 is 0. The van der Waals surface area contributed by atoms with Crippen molar-refractivity contribution in [3.05, 3.63) is 29.0 Å². The van der Waals surface area contributed by atoms with Gasteiger partial charge in [0, 0.05) is 0 Å². The quantitative estimate of drug-likeness (QED) is 0.844. The molecule has 134 valence electrons. The van der Waals surface area contributed by atoms with Gasteiger partial charge in [-0.25, -0.2) is 4.79 Å². The predicted molar refractivity (Wildman–Crippen MR) is 99.3 cm³/mol. The van der Waals surface area contributed by atoms with Gasteiger partial charge in [0.2, 0.25) is 0 Å². The van der Waals surface area contributed by atoms with Crippen molar-refractivity contribution in [2.24, 2.45) is 5.92 Å². The van der Waals surface area contributed by atoms with E-state index in [-0.39, 0.29) is 11.3 Å². The molecule has 0 unspecified atom stereocenters. The maximum absolute atomic E-state index is 11.6. The first-order chi connectivity index (χ1) is 12.0. The van der Waals surface area contributed by atoms with E-state index in [0.717, 1.165) is 12.0 Å². The zero-order chi connectivity index (χ0) is 18.0. The SMILES string of the molecule is CCc1ccc2nc(C)c(C(=O)O)c(N)c2c1OCC1CCCCC1. The van der Waals surface area contributed by atoms with Crippen LogP contribution in [-0.4, -0.2) is 22.7 Å². The summed E-state index contributed by atoms with van der Waals surface area (Å²) in [6, 6.07) is 3.90. The molecule has 1 fully saturated rings. The number of anilines is 1. The smallest absolute Gasteiger partial charge is 0.339 e. The molecule has 2 aromatic rings. The Morgan fingerprint density at radius 3 is 2.68 bits per heavy atom. The van der Waals surface area contributed by atoms with Gasteiger partial charge in [-0.15, -0.1) is 0 Å². The molecule has 1 heterocycles. The first-order valence-electron chi connectivity index (χ1n) is 9.10. The number of aromatic nitrogens is 1. The molecular weight excluding hydrogens is 316 g/mol. The van der Waals surface area contributed by atoms with Gasteiger partial charge in [-0.2, -0.15) is 0 Å². The molecule has 0 bridgehead atoms. The molecule has 0 spiro atoms. The first-order valence-corrected chi connectivity index (χ1v) is 9.10. The van der Waals surface area contributed by atoms with E-state index in [1.807, 2.05) is 12.1 Å². The van der Waals surface area contributed by atoms with Crippen LogP contribution in [0.5, 0.6) is 5.75 Å². The zero-order valence-electron chi connectivity index (χ0n) is 15.0. The van der Waals surface area contributed by atoms with E-state index in [4.69, 9.17) is 10.5 Å². The summed E-state index contributed by atoms with van der Waals surface area (Å²) in [5.41, 5.74) is 8.74. The summed E-state index contributed by atoms with van der Waals surface area (Å²) in [5.74, 6) is 0.217. The highest BCUT2D eigenvalue weighted by Gasteiger charge is 2.22. The number of rotatable bonds is 5. The van der Waals surface area contributed by atoms with Gasteiger partial charge in [-0.1, -0.05) is 32.3 Å². The van der Waals surface area contributed by atoms with E-state index >= 15 is 0 Å². The second-order valence-corrected chi connectivity index (χ2v) is 6.91. The number of hydrogen-bond donors (Lipinski definition) is 2. The van der Waals surface area contributed by atoms with E-state index in [0.29, 0.717) is 34.9 Å². The van der Waals surface area contributed by atoms with Gasteiger partial charge in [0.05, 0.1) is 28.9 Å². The molecule has 5 nitrogen and oxygen atoms in total. The number of benzene rings is 1. The number of carboxylic acids is 1. The largest absolute Gasteiger partial charge is 0.492 e. The maximum Gasteiger partial charge on any atom is 0.339 e. The molecule has 1 aromatic carbocycles. The Bertz CT molecular complexity index is 795. The lowest BCUT2D eigenvalue weighted by molar-refractivity contribution is 0.0697. The first kappa shape index (κ1) is 17.5. The Kier molecular flexibility index (Phi) is 5.11. The van der Waals surface area contributed by atoms with Crippen molar-refractivity contribution in [3.8, 4) is 5.75 Å². The van der Waals surface area contributed by atoms with Crippen molar-refractivity contribution < 1.29 is 14.6 Å². The minimum absolute atomic E-state index is 0.0725. The van der Waals surface area contributed by atoms with Crippen LogP contribution >= 0.6 is 0 Å². The molecule has 3 N–H and O–H groups in total. The van der Waals surface area contributed by atoms with Gasteiger partial charge in [0.1, 0.15) is 11.3 Å². The van der Waals surface area contributed by atoms with Crippen LogP contribution in [0.15, 0.2) is 12.1 Å². The zero-order valence-corrected chi connectivity index (χ0v) is 15.0. The minimum atomic E-state index is -1.05. The second-order valence-electron chi connectivity index (χ2n) is 6.91. The number of aryl methyl sites for hydroxylation is 2. The van der Waals surface area contributed by atoms with Crippen molar-refractivity contribution in [1.82, 2.24) is 4.98 Å². The molecule has 0 amide bonds. The standard InChI is InChI=1S/C20H26N2O3/c1-3-14-9-10-15-17(18(21)16(20(23)24)12(2)22-15)19(14)25-11-13-7-5-4-6-8-13/h9-10,13H,3-8,11H2,1-2H3,(H2,21,22)(H,23,24). The monoisotopic (exact) mass is 342 g/mol. The molecule has 0 aliphatic heterocycles. The molecule has 0 atom stereocenters. The highest BCUT2D eigenvalue weighted by molar-refractivity contribution is 6.07. The van der Waals surface area contributed by atoms with Crippen LogP contribution < -0.4 is 10.5 Å². The van der Waals surface area contributed by atoms with Crippen LogP contribution in [0.2, 0.25) is 0 Å². The number of carbonyl (C=O) groups is 1. The fourth-order valence-electron chi connectivity index (χ4n) is 3.79. The number of hydrogen-bond acceptors (Lipinski definition) is 4. The Morgan fingerprint density at radius 2 is 2.04 bits per heavy atom. The molecule has 1 aliphatic rings. The van der Waals surface area contributed by atoms with Gasteiger partial charge in [-0.05, 0) is 43.7 Å². The van der Waals surface area contributed by atoms with Gasteiger partial charge in [0.15, 0.2) is 0 Å².